The Morgan fingerprint density at radius 3 is 3.07 bits per heavy atom. The quantitative estimate of drug-likeness (QED) is 0.654. The summed E-state index contributed by atoms with van der Waals surface area (Å²) >= 11 is 0. The van der Waals surface area contributed by atoms with Gasteiger partial charge < -0.3 is 15.4 Å². The SMILES string of the molecule is O=C(NCC(O)C1CC1)c1ccc[nH]1. The maximum absolute atomic E-state index is 11.4. The maximum atomic E-state index is 11.4. The van der Waals surface area contributed by atoms with E-state index in [4.69, 9.17) is 0 Å². The van der Waals surface area contributed by atoms with Gasteiger partial charge in [0.25, 0.3) is 5.91 Å². The number of nitrogens with one attached hydrogen (secondary N) is 2. The first-order valence-corrected chi connectivity index (χ1v) is 4.87. The number of aromatic amines is 1. The molecule has 1 aromatic heterocycles. The second-order valence-corrected chi connectivity index (χ2v) is 3.70. The molecule has 0 spiro atoms. The van der Waals surface area contributed by atoms with Gasteiger partial charge in [0, 0.05) is 12.7 Å². The topological polar surface area (TPSA) is 65.1 Å². The summed E-state index contributed by atoms with van der Waals surface area (Å²) in [5, 5.41) is 12.2. The zero-order valence-corrected chi connectivity index (χ0v) is 7.86. The van der Waals surface area contributed by atoms with Crippen molar-refractivity contribution in [1.82, 2.24) is 10.3 Å². The lowest BCUT2D eigenvalue weighted by Crippen LogP contribution is -2.33. The van der Waals surface area contributed by atoms with Crippen LogP contribution in [0.15, 0.2) is 18.3 Å². The fraction of sp³-hybridized carbons (Fsp3) is 0.500. The number of aromatic nitrogens is 1. The molecule has 1 saturated carbocycles. The highest BCUT2D eigenvalue weighted by molar-refractivity contribution is 5.92. The molecule has 1 heterocycles. The monoisotopic (exact) mass is 194 g/mol. The minimum Gasteiger partial charge on any atom is -0.391 e. The predicted octanol–water partition coefficient (Wildman–Crippen LogP) is 0.515. The Balaban J connectivity index is 1.77. The molecule has 1 aliphatic rings. The van der Waals surface area contributed by atoms with Crippen molar-refractivity contribution in [3.8, 4) is 0 Å². The summed E-state index contributed by atoms with van der Waals surface area (Å²) in [6, 6.07) is 3.48. The number of aliphatic hydroxyl groups excluding tert-OH is 1. The van der Waals surface area contributed by atoms with Crippen LogP contribution in [0.4, 0.5) is 0 Å². The summed E-state index contributed by atoms with van der Waals surface area (Å²) in [4.78, 5) is 14.2. The Labute approximate surface area is 82.3 Å². The first-order valence-electron chi connectivity index (χ1n) is 4.87. The van der Waals surface area contributed by atoms with Gasteiger partial charge in [0.1, 0.15) is 5.69 Å². The molecule has 14 heavy (non-hydrogen) atoms. The van der Waals surface area contributed by atoms with Crippen LogP contribution in [0.1, 0.15) is 23.3 Å². The van der Waals surface area contributed by atoms with Crippen LogP contribution in [-0.2, 0) is 0 Å². The van der Waals surface area contributed by atoms with Crippen LogP contribution in [0.2, 0.25) is 0 Å². The number of hydrogen-bond donors (Lipinski definition) is 3. The summed E-state index contributed by atoms with van der Waals surface area (Å²) in [6.07, 6.45) is 3.49. The molecule has 0 saturated heterocycles. The highest BCUT2D eigenvalue weighted by Crippen LogP contribution is 2.32. The number of rotatable bonds is 4. The highest BCUT2D eigenvalue weighted by Gasteiger charge is 2.29. The molecule has 1 aromatic rings. The molecule has 4 nitrogen and oxygen atoms in total. The van der Waals surface area contributed by atoms with Crippen LogP contribution >= 0.6 is 0 Å². The van der Waals surface area contributed by atoms with E-state index in [1.54, 1.807) is 18.3 Å². The van der Waals surface area contributed by atoms with Crippen molar-refractivity contribution in [3.63, 3.8) is 0 Å². The van der Waals surface area contributed by atoms with Crippen LogP contribution in [0, 0.1) is 5.92 Å². The average Bonchev–Trinajstić information content (AvgIpc) is 2.90. The van der Waals surface area contributed by atoms with Crippen molar-refractivity contribution in [3.05, 3.63) is 24.0 Å². The van der Waals surface area contributed by atoms with E-state index in [1.165, 1.54) is 0 Å². The Morgan fingerprint density at radius 1 is 1.71 bits per heavy atom. The molecule has 0 aliphatic heterocycles. The fourth-order valence-electron chi connectivity index (χ4n) is 1.41. The number of carbonyl (C=O) groups is 1. The van der Waals surface area contributed by atoms with Crippen molar-refractivity contribution < 1.29 is 9.90 Å². The fourth-order valence-corrected chi connectivity index (χ4v) is 1.41. The van der Waals surface area contributed by atoms with Gasteiger partial charge in [-0.25, -0.2) is 0 Å². The third kappa shape index (κ3) is 2.14. The number of carbonyl (C=O) groups excluding carboxylic acids is 1. The largest absolute Gasteiger partial charge is 0.391 e. The highest BCUT2D eigenvalue weighted by atomic mass is 16.3. The molecule has 0 radical (unpaired) electrons. The van der Waals surface area contributed by atoms with Crippen molar-refractivity contribution >= 4 is 5.91 Å². The summed E-state index contributed by atoms with van der Waals surface area (Å²) in [6.45, 7) is 0.350. The van der Waals surface area contributed by atoms with Crippen LogP contribution in [0.3, 0.4) is 0 Å². The second-order valence-electron chi connectivity index (χ2n) is 3.70. The molecule has 1 amide bonds. The van der Waals surface area contributed by atoms with E-state index in [2.05, 4.69) is 10.3 Å². The third-order valence-corrected chi connectivity index (χ3v) is 2.48. The van der Waals surface area contributed by atoms with E-state index < -0.39 is 0 Å². The molecule has 3 N–H and O–H groups in total. The number of amides is 1. The van der Waals surface area contributed by atoms with Crippen LogP contribution in [0.5, 0.6) is 0 Å². The van der Waals surface area contributed by atoms with E-state index >= 15 is 0 Å². The Kier molecular flexibility index (Phi) is 2.54. The summed E-state index contributed by atoms with van der Waals surface area (Å²) in [5.41, 5.74) is 0.535. The molecular weight excluding hydrogens is 180 g/mol. The van der Waals surface area contributed by atoms with E-state index in [0.29, 0.717) is 18.2 Å². The Morgan fingerprint density at radius 2 is 2.50 bits per heavy atom. The van der Waals surface area contributed by atoms with Gasteiger partial charge in [-0.15, -0.1) is 0 Å². The van der Waals surface area contributed by atoms with E-state index in [1.807, 2.05) is 0 Å². The molecule has 2 rings (SSSR count). The molecular formula is C10H14N2O2. The molecule has 76 valence electrons. The normalized spacial score (nSPS) is 17.8. The predicted molar refractivity (Wildman–Crippen MR) is 51.9 cm³/mol. The van der Waals surface area contributed by atoms with Gasteiger partial charge in [0.05, 0.1) is 6.10 Å². The minimum absolute atomic E-state index is 0.158. The van der Waals surface area contributed by atoms with Gasteiger partial charge in [0.15, 0.2) is 0 Å². The number of H-pyrrole nitrogens is 1. The van der Waals surface area contributed by atoms with Gasteiger partial charge >= 0.3 is 0 Å². The minimum atomic E-state index is -0.381. The zero-order chi connectivity index (χ0) is 9.97. The van der Waals surface area contributed by atoms with Crippen LogP contribution in [-0.4, -0.2) is 28.6 Å². The van der Waals surface area contributed by atoms with Crippen LogP contribution in [0.25, 0.3) is 0 Å². The van der Waals surface area contributed by atoms with Crippen molar-refractivity contribution in [2.45, 2.75) is 18.9 Å². The lowest BCUT2D eigenvalue weighted by atomic mass is 10.2. The molecule has 1 aliphatic carbocycles. The summed E-state index contributed by atoms with van der Waals surface area (Å²) in [7, 11) is 0. The molecule has 1 unspecified atom stereocenters. The third-order valence-electron chi connectivity index (χ3n) is 2.48. The first-order chi connectivity index (χ1) is 6.77. The molecule has 1 atom stereocenters. The zero-order valence-electron chi connectivity index (χ0n) is 7.86. The van der Waals surface area contributed by atoms with E-state index in [9.17, 15) is 9.90 Å². The first kappa shape index (κ1) is 9.27. The van der Waals surface area contributed by atoms with Gasteiger partial charge in [-0.3, -0.25) is 4.79 Å². The molecule has 0 aromatic carbocycles. The lowest BCUT2D eigenvalue weighted by Gasteiger charge is -2.09. The smallest absolute Gasteiger partial charge is 0.267 e. The average molecular weight is 194 g/mol. The molecule has 0 bridgehead atoms. The standard InChI is InChI=1S/C10H14N2O2/c13-9(7-3-4-7)6-12-10(14)8-2-1-5-11-8/h1-2,5,7,9,11,13H,3-4,6H2,(H,12,14). The van der Waals surface area contributed by atoms with Gasteiger partial charge in [-0.2, -0.15) is 0 Å². The second kappa shape index (κ2) is 3.84. The van der Waals surface area contributed by atoms with E-state index in [-0.39, 0.29) is 12.0 Å². The lowest BCUT2D eigenvalue weighted by molar-refractivity contribution is 0.0897. The molecule has 4 heteroatoms. The number of hydrogen-bond acceptors (Lipinski definition) is 2. The van der Waals surface area contributed by atoms with Crippen molar-refractivity contribution in [2.75, 3.05) is 6.54 Å². The van der Waals surface area contributed by atoms with Gasteiger partial charge in [0.2, 0.25) is 0 Å². The molecule has 1 fully saturated rings. The van der Waals surface area contributed by atoms with Gasteiger partial charge in [-0.05, 0) is 30.9 Å². The van der Waals surface area contributed by atoms with Crippen LogP contribution < -0.4 is 5.32 Å². The van der Waals surface area contributed by atoms with Crippen molar-refractivity contribution in [2.24, 2.45) is 5.92 Å². The van der Waals surface area contributed by atoms with Gasteiger partial charge in [-0.1, -0.05) is 0 Å². The van der Waals surface area contributed by atoms with E-state index in [0.717, 1.165) is 12.8 Å². The Bertz CT molecular complexity index is 304. The van der Waals surface area contributed by atoms with Crippen molar-refractivity contribution in [1.29, 1.82) is 0 Å². The summed E-state index contributed by atoms with van der Waals surface area (Å²) in [5.74, 6) is 0.244. The Hall–Kier alpha value is -1.29. The summed E-state index contributed by atoms with van der Waals surface area (Å²) < 4.78 is 0. The maximum Gasteiger partial charge on any atom is 0.267 e. The number of aliphatic hydroxyl groups is 1.